The van der Waals surface area contributed by atoms with Crippen LogP contribution >= 0.6 is 34.2 Å². The van der Waals surface area contributed by atoms with Gasteiger partial charge in [0.1, 0.15) is 0 Å². The molecule has 110 valence electrons. The lowest BCUT2D eigenvalue weighted by molar-refractivity contribution is 0.102. The van der Waals surface area contributed by atoms with E-state index in [1.54, 1.807) is 12.1 Å². The Morgan fingerprint density at radius 2 is 1.76 bits per heavy atom. The Bertz CT molecular complexity index is 788. The van der Waals surface area contributed by atoms with Gasteiger partial charge in [-0.05, 0) is 65.1 Å². The molecule has 0 aromatic heterocycles. The monoisotopic (exact) mass is 435 g/mol. The van der Waals surface area contributed by atoms with Crippen molar-refractivity contribution in [3.63, 3.8) is 0 Å². The summed E-state index contributed by atoms with van der Waals surface area (Å²) in [6.07, 6.45) is 1.05. The number of amides is 1. The Labute approximate surface area is 141 Å². The van der Waals surface area contributed by atoms with Gasteiger partial charge in [0.2, 0.25) is 0 Å². The summed E-state index contributed by atoms with van der Waals surface area (Å²) >= 11 is 8.02. The third kappa shape index (κ3) is 4.18. The number of hydrogen-bond acceptors (Lipinski definition) is 3. The summed E-state index contributed by atoms with van der Waals surface area (Å²) in [5, 5.41) is 2.80. The van der Waals surface area contributed by atoms with Gasteiger partial charge in [0, 0.05) is 21.1 Å². The van der Waals surface area contributed by atoms with Crippen LogP contribution in [0, 0.1) is 3.57 Å². The van der Waals surface area contributed by atoms with E-state index in [1.807, 2.05) is 12.1 Å². The molecule has 0 saturated heterocycles. The number of nitrogens with one attached hydrogen (secondary N) is 1. The van der Waals surface area contributed by atoms with Gasteiger partial charge in [0.05, 0.1) is 9.92 Å². The largest absolute Gasteiger partial charge is 0.322 e. The van der Waals surface area contributed by atoms with Crippen molar-refractivity contribution in [1.82, 2.24) is 0 Å². The Morgan fingerprint density at radius 3 is 2.33 bits per heavy atom. The molecule has 0 saturated carbocycles. The van der Waals surface area contributed by atoms with E-state index >= 15 is 0 Å². The van der Waals surface area contributed by atoms with E-state index in [0.29, 0.717) is 5.69 Å². The lowest BCUT2D eigenvalue weighted by Crippen LogP contribution is -2.13. The number of anilines is 1. The SMILES string of the molecule is CS(=O)(=O)c1cc(C(=O)Nc2ccc(I)cc2)ccc1Cl. The molecule has 2 aromatic rings. The topological polar surface area (TPSA) is 63.2 Å². The van der Waals surface area contributed by atoms with Gasteiger partial charge in [0.25, 0.3) is 5.91 Å². The minimum Gasteiger partial charge on any atom is -0.322 e. The minimum absolute atomic E-state index is 0.0561. The van der Waals surface area contributed by atoms with E-state index in [-0.39, 0.29) is 15.5 Å². The summed E-state index contributed by atoms with van der Waals surface area (Å²) in [6.45, 7) is 0. The molecule has 0 heterocycles. The molecular formula is C14H11ClINO3S. The van der Waals surface area contributed by atoms with Crippen LogP contribution in [-0.4, -0.2) is 20.6 Å². The summed E-state index contributed by atoms with van der Waals surface area (Å²) in [7, 11) is -3.48. The highest BCUT2D eigenvalue weighted by atomic mass is 127. The molecule has 21 heavy (non-hydrogen) atoms. The minimum atomic E-state index is -3.48. The quantitative estimate of drug-likeness (QED) is 0.749. The van der Waals surface area contributed by atoms with E-state index in [9.17, 15) is 13.2 Å². The second-order valence-corrected chi connectivity index (χ2v) is 8.02. The van der Waals surface area contributed by atoms with E-state index in [2.05, 4.69) is 27.9 Å². The first kappa shape index (κ1) is 16.3. The van der Waals surface area contributed by atoms with E-state index in [0.717, 1.165) is 9.83 Å². The second-order valence-electron chi connectivity index (χ2n) is 4.38. The van der Waals surface area contributed by atoms with Crippen molar-refractivity contribution in [1.29, 1.82) is 0 Å². The maximum atomic E-state index is 12.1. The van der Waals surface area contributed by atoms with Crippen LogP contribution in [0.5, 0.6) is 0 Å². The van der Waals surface area contributed by atoms with E-state index < -0.39 is 15.7 Å². The van der Waals surface area contributed by atoms with E-state index in [1.165, 1.54) is 18.2 Å². The zero-order valence-electron chi connectivity index (χ0n) is 10.9. The Kier molecular flexibility index (Phi) is 4.90. The molecule has 0 unspecified atom stereocenters. The highest BCUT2D eigenvalue weighted by Gasteiger charge is 2.15. The molecule has 7 heteroatoms. The molecule has 2 aromatic carbocycles. The maximum absolute atomic E-state index is 12.1. The lowest BCUT2D eigenvalue weighted by atomic mass is 10.2. The molecule has 0 radical (unpaired) electrons. The van der Waals surface area contributed by atoms with Crippen LogP contribution in [-0.2, 0) is 9.84 Å². The summed E-state index contributed by atoms with van der Waals surface area (Å²) in [4.78, 5) is 12.1. The Balaban J connectivity index is 2.30. The molecule has 0 atom stereocenters. The van der Waals surface area contributed by atoms with Gasteiger partial charge in [-0.25, -0.2) is 8.42 Å². The molecular weight excluding hydrogens is 425 g/mol. The van der Waals surface area contributed by atoms with Crippen LogP contribution in [0.3, 0.4) is 0 Å². The fourth-order valence-electron chi connectivity index (χ4n) is 1.67. The van der Waals surface area contributed by atoms with E-state index in [4.69, 9.17) is 11.6 Å². The number of hydrogen-bond donors (Lipinski definition) is 1. The molecule has 4 nitrogen and oxygen atoms in total. The molecule has 0 aliphatic rings. The lowest BCUT2D eigenvalue weighted by Gasteiger charge is -2.08. The van der Waals surface area contributed by atoms with Crippen LogP contribution in [0.25, 0.3) is 0 Å². The van der Waals surface area contributed by atoms with Crippen LogP contribution < -0.4 is 5.32 Å². The third-order valence-corrected chi connectivity index (χ3v) is 4.99. The third-order valence-electron chi connectivity index (χ3n) is 2.69. The highest BCUT2D eigenvalue weighted by molar-refractivity contribution is 14.1. The standard InChI is InChI=1S/C14H11ClINO3S/c1-21(19,20)13-8-9(2-7-12(13)15)14(18)17-11-5-3-10(16)4-6-11/h2-8H,1H3,(H,17,18). The van der Waals surface area contributed by atoms with Crippen LogP contribution in [0.15, 0.2) is 47.4 Å². The smallest absolute Gasteiger partial charge is 0.255 e. The predicted molar refractivity (Wildman–Crippen MR) is 91.7 cm³/mol. The van der Waals surface area contributed by atoms with Crippen molar-refractivity contribution in [3.05, 3.63) is 56.6 Å². The van der Waals surface area contributed by atoms with Crippen molar-refractivity contribution in [2.45, 2.75) is 4.90 Å². The number of benzene rings is 2. The number of carbonyl (C=O) groups is 1. The number of rotatable bonds is 3. The van der Waals surface area contributed by atoms with Crippen molar-refractivity contribution < 1.29 is 13.2 Å². The van der Waals surface area contributed by atoms with Gasteiger partial charge in [-0.2, -0.15) is 0 Å². The first-order valence-electron chi connectivity index (χ1n) is 5.84. The van der Waals surface area contributed by atoms with Gasteiger partial charge >= 0.3 is 0 Å². The summed E-state index contributed by atoms with van der Waals surface area (Å²) in [5.74, 6) is -0.391. The zero-order valence-corrected chi connectivity index (χ0v) is 14.7. The molecule has 1 amide bonds. The molecule has 0 fully saturated rings. The average molecular weight is 436 g/mol. The molecule has 0 bridgehead atoms. The van der Waals surface area contributed by atoms with Gasteiger partial charge < -0.3 is 5.32 Å². The maximum Gasteiger partial charge on any atom is 0.255 e. The van der Waals surface area contributed by atoms with Gasteiger partial charge in [0.15, 0.2) is 9.84 Å². The molecule has 0 aliphatic heterocycles. The first-order chi connectivity index (χ1) is 9.77. The van der Waals surface area contributed by atoms with Gasteiger partial charge in [-0.15, -0.1) is 0 Å². The molecule has 2 rings (SSSR count). The predicted octanol–water partition coefficient (Wildman–Crippen LogP) is 3.60. The highest BCUT2D eigenvalue weighted by Crippen LogP contribution is 2.23. The number of halogens is 2. The summed E-state index contributed by atoms with van der Waals surface area (Å²) < 4.78 is 24.3. The van der Waals surface area contributed by atoms with Crippen LogP contribution in [0.1, 0.15) is 10.4 Å². The van der Waals surface area contributed by atoms with Gasteiger partial charge in [-0.1, -0.05) is 11.6 Å². The van der Waals surface area contributed by atoms with Crippen molar-refractivity contribution >= 4 is 55.6 Å². The Morgan fingerprint density at radius 1 is 1.14 bits per heavy atom. The summed E-state index contributed by atoms with van der Waals surface area (Å²) in [5.41, 5.74) is 0.870. The zero-order chi connectivity index (χ0) is 15.6. The molecule has 0 spiro atoms. The molecule has 1 N–H and O–H groups in total. The summed E-state index contributed by atoms with van der Waals surface area (Å²) in [6, 6.07) is 11.4. The van der Waals surface area contributed by atoms with Crippen molar-refractivity contribution in [3.8, 4) is 0 Å². The Hall–Kier alpha value is -1.12. The number of sulfone groups is 1. The van der Waals surface area contributed by atoms with Crippen LogP contribution in [0.2, 0.25) is 5.02 Å². The van der Waals surface area contributed by atoms with Crippen LogP contribution in [0.4, 0.5) is 5.69 Å². The average Bonchev–Trinajstić information content (AvgIpc) is 2.40. The first-order valence-corrected chi connectivity index (χ1v) is 9.19. The fraction of sp³-hybridized carbons (Fsp3) is 0.0714. The second kappa shape index (κ2) is 6.33. The van der Waals surface area contributed by atoms with Crippen molar-refractivity contribution in [2.75, 3.05) is 11.6 Å². The van der Waals surface area contributed by atoms with Gasteiger partial charge in [-0.3, -0.25) is 4.79 Å². The molecule has 0 aliphatic carbocycles. The normalized spacial score (nSPS) is 11.2. The fourth-order valence-corrected chi connectivity index (χ4v) is 3.33. The van der Waals surface area contributed by atoms with Crippen molar-refractivity contribution in [2.24, 2.45) is 0 Å². The number of carbonyl (C=O) groups excluding carboxylic acids is 1.